The van der Waals surface area contributed by atoms with Crippen LogP contribution in [0.4, 0.5) is 13.2 Å². The minimum atomic E-state index is -4.41. The number of methoxy groups -OCH3 is 1. The fraction of sp³-hybridized carbons (Fsp3) is 0.741. The summed E-state index contributed by atoms with van der Waals surface area (Å²) in [6, 6.07) is 5.17. The van der Waals surface area contributed by atoms with Gasteiger partial charge in [-0.3, -0.25) is 4.79 Å². The van der Waals surface area contributed by atoms with Crippen LogP contribution in [-0.2, 0) is 26.0 Å². The molecular formula is C27H39F3N2O4. The molecule has 2 heterocycles. The molecule has 0 aromatic heterocycles. The first-order chi connectivity index (χ1) is 17.0. The van der Waals surface area contributed by atoms with Crippen molar-refractivity contribution in [2.24, 2.45) is 11.3 Å². The Morgan fingerprint density at radius 2 is 1.83 bits per heavy atom. The summed E-state index contributed by atoms with van der Waals surface area (Å²) in [6.45, 7) is 6.26. The van der Waals surface area contributed by atoms with E-state index >= 15 is 0 Å². The van der Waals surface area contributed by atoms with Crippen LogP contribution < -0.4 is 5.32 Å². The van der Waals surface area contributed by atoms with Gasteiger partial charge in [-0.15, -0.1) is 0 Å². The van der Waals surface area contributed by atoms with Crippen LogP contribution in [0.25, 0.3) is 0 Å². The summed E-state index contributed by atoms with van der Waals surface area (Å²) in [7, 11) is 1.70. The number of halogens is 3. The van der Waals surface area contributed by atoms with Gasteiger partial charge in [0.25, 0.3) is 0 Å². The maximum absolute atomic E-state index is 13.9. The van der Waals surface area contributed by atoms with Crippen molar-refractivity contribution < 1.29 is 32.5 Å². The number of hydrogen-bond acceptors (Lipinski definition) is 5. The van der Waals surface area contributed by atoms with Gasteiger partial charge >= 0.3 is 6.18 Å². The number of likely N-dealkylation sites (tertiary alicyclic amines) is 1. The number of piperidine rings is 1. The van der Waals surface area contributed by atoms with Crippen LogP contribution in [0, 0.1) is 11.3 Å². The molecule has 6 nitrogen and oxygen atoms in total. The zero-order valence-corrected chi connectivity index (χ0v) is 21.4. The smallest absolute Gasteiger partial charge is 0.385 e. The average molecular weight is 513 g/mol. The predicted molar refractivity (Wildman–Crippen MR) is 129 cm³/mol. The van der Waals surface area contributed by atoms with Gasteiger partial charge in [0.1, 0.15) is 0 Å². The number of hydrogen-bond donors (Lipinski definition) is 2. The fourth-order valence-electron chi connectivity index (χ4n) is 6.27. The quantitative estimate of drug-likeness (QED) is 0.601. The summed E-state index contributed by atoms with van der Waals surface area (Å²) >= 11 is 0. The lowest BCUT2D eigenvalue weighted by Gasteiger charge is -2.43. The normalized spacial score (nSPS) is 31.1. The molecular weight excluding hydrogens is 473 g/mol. The standard InChI is InChI=1S/C27H39F3N2O4/c1-18(2)25(10-8-21(16-25)31-22-9-15-36-17-23(22)35-3)24(33)32-13-11-26(34,12-14-32)19-4-6-20(7-5-19)27(28,29)30/h4-7,18,21-23,31,34H,8-17H2,1-3H3/t21?,22?,23?,25-/m0/s1. The number of ether oxygens (including phenoxy) is 2. The predicted octanol–water partition coefficient (Wildman–Crippen LogP) is 4.10. The van der Waals surface area contributed by atoms with Crippen molar-refractivity contribution in [3.05, 3.63) is 35.4 Å². The van der Waals surface area contributed by atoms with Crippen molar-refractivity contribution in [3.63, 3.8) is 0 Å². The van der Waals surface area contributed by atoms with Gasteiger partial charge in [0, 0.05) is 38.9 Å². The van der Waals surface area contributed by atoms with Crippen LogP contribution in [0.5, 0.6) is 0 Å². The van der Waals surface area contributed by atoms with Gasteiger partial charge < -0.3 is 24.8 Å². The maximum atomic E-state index is 13.9. The SMILES string of the molecule is COC1COCCC1NC1CC[C@@](C(=O)N2CCC(O)(c3ccc(C(F)(F)F)cc3)CC2)(C(C)C)C1. The van der Waals surface area contributed by atoms with Crippen LogP contribution in [0.3, 0.4) is 0 Å². The van der Waals surface area contributed by atoms with E-state index in [-0.39, 0.29) is 30.0 Å². The van der Waals surface area contributed by atoms with Gasteiger partial charge in [-0.25, -0.2) is 0 Å². The molecule has 4 atom stereocenters. The van der Waals surface area contributed by atoms with Gasteiger partial charge in [-0.2, -0.15) is 13.2 Å². The molecule has 2 saturated heterocycles. The molecule has 2 N–H and O–H groups in total. The van der Waals surface area contributed by atoms with Crippen molar-refractivity contribution in [3.8, 4) is 0 Å². The van der Waals surface area contributed by atoms with Crippen LogP contribution in [-0.4, -0.2) is 67.5 Å². The average Bonchev–Trinajstić information content (AvgIpc) is 3.29. The van der Waals surface area contributed by atoms with E-state index < -0.39 is 22.8 Å². The number of nitrogens with one attached hydrogen (secondary N) is 1. The summed E-state index contributed by atoms with van der Waals surface area (Å²) < 4.78 is 49.9. The molecule has 2 aliphatic heterocycles. The molecule has 1 saturated carbocycles. The zero-order valence-electron chi connectivity index (χ0n) is 21.4. The van der Waals surface area contributed by atoms with E-state index in [4.69, 9.17) is 9.47 Å². The molecule has 3 aliphatic rings. The van der Waals surface area contributed by atoms with Gasteiger partial charge in [0.15, 0.2) is 0 Å². The molecule has 0 radical (unpaired) electrons. The van der Waals surface area contributed by atoms with E-state index in [0.717, 1.165) is 37.8 Å². The Kier molecular flexibility index (Phi) is 8.05. The molecule has 36 heavy (non-hydrogen) atoms. The Labute approximate surface area is 211 Å². The molecule has 3 unspecified atom stereocenters. The van der Waals surface area contributed by atoms with Gasteiger partial charge in [-0.05, 0) is 62.1 Å². The molecule has 1 aromatic rings. The zero-order chi connectivity index (χ0) is 26.1. The molecule has 4 rings (SSSR count). The lowest BCUT2D eigenvalue weighted by molar-refractivity contribution is -0.149. The first-order valence-electron chi connectivity index (χ1n) is 13.0. The van der Waals surface area contributed by atoms with Crippen LogP contribution in [0.2, 0.25) is 0 Å². The Balaban J connectivity index is 1.39. The van der Waals surface area contributed by atoms with Crippen molar-refractivity contribution in [1.82, 2.24) is 10.2 Å². The monoisotopic (exact) mass is 512 g/mol. The number of rotatable bonds is 6. The molecule has 1 aliphatic carbocycles. The third-order valence-corrected chi connectivity index (χ3v) is 8.76. The third-order valence-electron chi connectivity index (χ3n) is 8.76. The first-order valence-corrected chi connectivity index (χ1v) is 13.0. The number of amides is 1. The van der Waals surface area contributed by atoms with Gasteiger partial charge in [0.2, 0.25) is 5.91 Å². The first kappa shape index (κ1) is 27.4. The van der Waals surface area contributed by atoms with Crippen LogP contribution in [0.1, 0.15) is 63.5 Å². The van der Waals surface area contributed by atoms with E-state index in [1.54, 1.807) is 7.11 Å². The number of alkyl halides is 3. The maximum Gasteiger partial charge on any atom is 0.416 e. The Morgan fingerprint density at radius 1 is 1.17 bits per heavy atom. The largest absolute Gasteiger partial charge is 0.416 e. The number of benzene rings is 1. The molecule has 0 spiro atoms. The van der Waals surface area contributed by atoms with E-state index in [9.17, 15) is 23.1 Å². The molecule has 9 heteroatoms. The summed E-state index contributed by atoms with van der Waals surface area (Å²) in [5.41, 5.74) is -1.96. The second-order valence-corrected chi connectivity index (χ2v) is 11.1. The second kappa shape index (κ2) is 10.6. The highest BCUT2D eigenvalue weighted by Gasteiger charge is 2.51. The van der Waals surface area contributed by atoms with Crippen molar-refractivity contribution in [1.29, 1.82) is 0 Å². The van der Waals surface area contributed by atoms with E-state index in [2.05, 4.69) is 19.2 Å². The summed E-state index contributed by atoms with van der Waals surface area (Å²) in [5, 5.41) is 14.9. The van der Waals surface area contributed by atoms with E-state index in [0.29, 0.717) is 44.7 Å². The lowest BCUT2D eigenvalue weighted by atomic mass is 9.73. The second-order valence-electron chi connectivity index (χ2n) is 11.1. The minimum absolute atomic E-state index is 0.00784. The Bertz CT molecular complexity index is 899. The van der Waals surface area contributed by atoms with E-state index in [1.807, 2.05) is 4.90 Å². The lowest BCUT2D eigenvalue weighted by Crippen LogP contribution is -2.53. The summed E-state index contributed by atoms with van der Waals surface area (Å²) in [4.78, 5) is 15.7. The molecule has 3 fully saturated rings. The van der Waals surface area contributed by atoms with Crippen LogP contribution >= 0.6 is 0 Å². The highest BCUT2D eigenvalue weighted by Crippen LogP contribution is 2.47. The number of nitrogens with zero attached hydrogens (tertiary/aromatic N) is 1. The van der Waals surface area contributed by atoms with Gasteiger partial charge in [-0.1, -0.05) is 26.0 Å². The molecule has 202 valence electrons. The molecule has 1 aromatic carbocycles. The number of aliphatic hydroxyl groups is 1. The molecule has 0 bridgehead atoms. The van der Waals surface area contributed by atoms with Crippen molar-refractivity contribution >= 4 is 5.91 Å². The van der Waals surface area contributed by atoms with Crippen molar-refractivity contribution in [2.75, 3.05) is 33.4 Å². The number of carbonyl (C=O) groups is 1. The highest BCUT2D eigenvalue weighted by atomic mass is 19.4. The highest BCUT2D eigenvalue weighted by molar-refractivity contribution is 5.83. The summed E-state index contributed by atoms with van der Waals surface area (Å²) in [5.74, 6) is 0.298. The van der Waals surface area contributed by atoms with Crippen LogP contribution in [0.15, 0.2) is 24.3 Å². The van der Waals surface area contributed by atoms with Crippen molar-refractivity contribution in [2.45, 2.75) is 82.3 Å². The fourth-order valence-corrected chi connectivity index (χ4v) is 6.27. The Morgan fingerprint density at radius 3 is 2.42 bits per heavy atom. The number of carbonyl (C=O) groups excluding carboxylic acids is 1. The third kappa shape index (κ3) is 5.44. The van der Waals surface area contributed by atoms with Gasteiger partial charge in [0.05, 0.1) is 29.3 Å². The Hall–Kier alpha value is -1.68. The topological polar surface area (TPSA) is 71.0 Å². The summed E-state index contributed by atoms with van der Waals surface area (Å²) in [6.07, 6.45) is -0.430. The minimum Gasteiger partial charge on any atom is -0.385 e. The molecule has 1 amide bonds. The van der Waals surface area contributed by atoms with E-state index in [1.165, 1.54) is 12.1 Å².